The highest BCUT2D eigenvalue weighted by Gasteiger charge is 2.31. The molecular formula is C27H25FN6O2. The van der Waals surface area contributed by atoms with Crippen molar-refractivity contribution in [1.82, 2.24) is 24.6 Å². The Kier molecular flexibility index (Phi) is 5.40. The van der Waals surface area contributed by atoms with E-state index in [2.05, 4.69) is 20.4 Å². The van der Waals surface area contributed by atoms with Crippen molar-refractivity contribution in [3.63, 3.8) is 0 Å². The van der Waals surface area contributed by atoms with E-state index in [-0.39, 0.29) is 17.7 Å². The fourth-order valence-electron chi connectivity index (χ4n) is 5.38. The van der Waals surface area contributed by atoms with E-state index in [0.717, 1.165) is 46.3 Å². The predicted octanol–water partition coefficient (Wildman–Crippen LogP) is 5.48. The van der Waals surface area contributed by atoms with Gasteiger partial charge < -0.3 is 15.4 Å². The summed E-state index contributed by atoms with van der Waals surface area (Å²) in [5, 5.41) is 18.0. The molecule has 5 aromatic rings. The van der Waals surface area contributed by atoms with Gasteiger partial charge in [0.15, 0.2) is 5.82 Å². The number of hydrogen-bond donors (Lipinski definition) is 3. The minimum atomic E-state index is -0.731. The highest BCUT2D eigenvalue weighted by molar-refractivity contribution is 5.99. The van der Waals surface area contributed by atoms with E-state index in [1.807, 2.05) is 34.8 Å². The zero-order valence-electron chi connectivity index (χ0n) is 19.7. The van der Waals surface area contributed by atoms with E-state index in [4.69, 9.17) is 4.98 Å². The van der Waals surface area contributed by atoms with Crippen molar-refractivity contribution in [3.8, 4) is 22.5 Å². The number of carboxylic acid groups (broad SMARTS) is 1. The maximum Gasteiger partial charge on any atom is 0.306 e. The number of para-hydroxylation sites is 1. The topological polar surface area (TPSA) is 108 Å². The molecule has 0 atom stereocenters. The summed E-state index contributed by atoms with van der Waals surface area (Å²) in [5.74, 6) is 0.228. The number of rotatable bonds is 5. The van der Waals surface area contributed by atoms with Crippen LogP contribution in [0.5, 0.6) is 0 Å². The van der Waals surface area contributed by atoms with Crippen LogP contribution >= 0.6 is 0 Å². The number of benzene rings is 2. The number of aliphatic carboxylic acids is 1. The average molecular weight is 485 g/mol. The fourth-order valence-corrected chi connectivity index (χ4v) is 5.38. The van der Waals surface area contributed by atoms with Gasteiger partial charge in [0.1, 0.15) is 29.2 Å². The van der Waals surface area contributed by atoms with E-state index < -0.39 is 5.97 Å². The first kappa shape index (κ1) is 22.2. The lowest BCUT2D eigenvalue weighted by molar-refractivity contribution is -0.142. The number of aromatic amines is 1. The molecule has 8 nitrogen and oxygen atoms in total. The lowest BCUT2D eigenvalue weighted by atomic mass is 9.82. The molecule has 0 amide bonds. The molecule has 0 spiro atoms. The predicted molar refractivity (Wildman–Crippen MR) is 135 cm³/mol. The number of aromatic nitrogens is 5. The van der Waals surface area contributed by atoms with Gasteiger partial charge in [-0.25, -0.2) is 18.9 Å². The Morgan fingerprint density at radius 1 is 1.11 bits per heavy atom. The highest BCUT2D eigenvalue weighted by Crippen LogP contribution is 2.40. The van der Waals surface area contributed by atoms with Crippen LogP contribution in [0.2, 0.25) is 0 Å². The molecule has 3 heterocycles. The second-order valence-electron chi connectivity index (χ2n) is 9.26. The standard InChI is InChI=1S/C27H25FN6O2/c1-29-25-24-23(33-26(34(24)31-14-30-25)15-9-11-16(12-10-15)27(35)36)21-13-17-5-4-7-19(22(17)32-21)18-6-2-3-8-20(18)28/h2-8,13-16,32H,9-12H2,1H3,(H,35,36)(H,29,30,31). The third kappa shape index (κ3) is 3.59. The smallest absolute Gasteiger partial charge is 0.306 e. The first-order valence-corrected chi connectivity index (χ1v) is 12.1. The molecule has 0 radical (unpaired) electrons. The summed E-state index contributed by atoms with van der Waals surface area (Å²) in [7, 11) is 1.80. The molecular weight excluding hydrogens is 459 g/mol. The van der Waals surface area contributed by atoms with Crippen LogP contribution in [0.1, 0.15) is 37.4 Å². The van der Waals surface area contributed by atoms with Gasteiger partial charge in [-0.3, -0.25) is 4.79 Å². The van der Waals surface area contributed by atoms with Crippen LogP contribution in [0.4, 0.5) is 10.2 Å². The molecule has 2 aromatic carbocycles. The molecule has 0 bridgehead atoms. The first-order valence-electron chi connectivity index (χ1n) is 12.1. The van der Waals surface area contributed by atoms with Crippen LogP contribution in [0.25, 0.3) is 38.9 Å². The van der Waals surface area contributed by atoms with Crippen molar-refractivity contribution >= 4 is 28.2 Å². The van der Waals surface area contributed by atoms with E-state index >= 15 is 0 Å². The number of anilines is 1. The van der Waals surface area contributed by atoms with Crippen molar-refractivity contribution in [2.75, 3.05) is 12.4 Å². The van der Waals surface area contributed by atoms with Gasteiger partial charge in [-0.15, -0.1) is 0 Å². The molecule has 0 saturated heterocycles. The number of imidazole rings is 1. The first-order chi connectivity index (χ1) is 17.5. The van der Waals surface area contributed by atoms with Gasteiger partial charge in [-0.1, -0.05) is 36.4 Å². The Labute approximate surface area is 206 Å². The summed E-state index contributed by atoms with van der Waals surface area (Å²) in [5.41, 5.74) is 4.35. The number of carboxylic acids is 1. The van der Waals surface area contributed by atoms with E-state index in [1.54, 1.807) is 19.2 Å². The third-order valence-electron chi connectivity index (χ3n) is 7.21. The van der Waals surface area contributed by atoms with Crippen LogP contribution in [0, 0.1) is 11.7 Å². The number of H-pyrrole nitrogens is 1. The van der Waals surface area contributed by atoms with Gasteiger partial charge in [-0.05, 0) is 37.8 Å². The van der Waals surface area contributed by atoms with Gasteiger partial charge in [0.05, 0.1) is 17.1 Å². The molecule has 3 N–H and O–H groups in total. The zero-order valence-corrected chi connectivity index (χ0v) is 19.7. The molecule has 0 unspecified atom stereocenters. The summed E-state index contributed by atoms with van der Waals surface area (Å²) in [6, 6.07) is 14.6. The Morgan fingerprint density at radius 3 is 2.64 bits per heavy atom. The minimum Gasteiger partial charge on any atom is -0.481 e. The second-order valence-corrected chi connectivity index (χ2v) is 9.26. The monoisotopic (exact) mass is 484 g/mol. The molecule has 1 fully saturated rings. The van der Waals surface area contributed by atoms with Crippen LogP contribution in [-0.4, -0.2) is 42.7 Å². The van der Waals surface area contributed by atoms with Crippen molar-refractivity contribution in [2.45, 2.75) is 31.6 Å². The van der Waals surface area contributed by atoms with Crippen LogP contribution in [0.3, 0.4) is 0 Å². The second kappa shape index (κ2) is 8.75. The average Bonchev–Trinajstić information content (AvgIpc) is 3.51. The molecule has 36 heavy (non-hydrogen) atoms. The summed E-state index contributed by atoms with van der Waals surface area (Å²) in [6.45, 7) is 0. The lowest BCUT2D eigenvalue weighted by Gasteiger charge is -2.24. The van der Waals surface area contributed by atoms with Crippen LogP contribution in [0.15, 0.2) is 54.9 Å². The van der Waals surface area contributed by atoms with Gasteiger partial charge in [0.2, 0.25) is 0 Å². The van der Waals surface area contributed by atoms with Crippen molar-refractivity contribution < 1.29 is 14.3 Å². The molecule has 1 aliphatic carbocycles. The maximum absolute atomic E-state index is 14.6. The summed E-state index contributed by atoms with van der Waals surface area (Å²) >= 11 is 0. The molecule has 0 aliphatic heterocycles. The van der Waals surface area contributed by atoms with Gasteiger partial charge in [-0.2, -0.15) is 5.10 Å². The van der Waals surface area contributed by atoms with E-state index in [9.17, 15) is 14.3 Å². The number of nitrogens with zero attached hydrogens (tertiary/aromatic N) is 4. The van der Waals surface area contributed by atoms with Gasteiger partial charge in [0, 0.05) is 29.5 Å². The summed E-state index contributed by atoms with van der Waals surface area (Å²) in [6.07, 6.45) is 4.20. The highest BCUT2D eigenvalue weighted by atomic mass is 19.1. The van der Waals surface area contributed by atoms with Gasteiger partial charge in [0.25, 0.3) is 0 Å². The fraction of sp³-hybridized carbons (Fsp3) is 0.259. The van der Waals surface area contributed by atoms with Crippen molar-refractivity contribution in [3.05, 3.63) is 66.5 Å². The largest absolute Gasteiger partial charge is 0.481 e. The number of hydrogen-bond acceptors (Lipinski definition) is 5. The van der Waals surface area contributed by atoms with Crippen LogP contribution in [-0.2, 0) is 4.79 Å². The van der Waals surface area contributed by atoms with E-state index in [1.165, 1.54) is 12.4 Å². The number of fused-ring (bicyclic) bond motifs is 2. The molecule has 6 rings (SSSR count). The zero-order chi connectivity index (χ0) is 24.8. The Morgan fingerprint density at radius 2 is 1.89 bits per heavy atom. The third-order valence-corrected chi connectivity index (χ3v) is 7.21. The molecule has 1 saturated carbocycles. The Hall–Kier alpha value is -4.27. The number of nitrogens with one attached hydrogen (secondary N) is 2. The molecule has 1 aliphatic rings. The normalized spacial score (nSPS) is 18.1. The van der Waals surface area contributed by atoms with Crippen LogP contribution < -0.4 is 5.32 Å². The lowest BCUT2D eigenvalue weighted by Crippen LogP contribution is -2.21. The quantitative estimate of drug-likeness (QED) is 0.305. The van der Waals surface area contributed by atoms with E-state index in [0.29, 0.717) is 29.9 Å². The maximum atomic E-state index is 14.6. The molecule has 182 valence electrons. The number of carbonyl (C=O) groups is 1. The van der Waals surface area contributed by atoms with Crippen molar-refractivity contribution in [1.29, 1.82) is 0 Å². The summed E-state index contributed by atoms with van der Waals surface area (Å²) < 4.78 is 16.5. The SMILES string of the molecule is CNc1ncnn2c(C3CCC(C(=O)O)CC3)nc(-c3cc4cccc(-c5ccccc5F)c4[nH]3)c12. The van der Waals surface area contributed by atoms with Gasteiger partial charge >= 0.3 is 5.97 Å². The Bertz CT molecular complexity index is 1600. The number of halogens is 1. The molecule has 3 aromatic heterocycles. The Balaban J connectivity index is 1.50. The minimum absolute atomic E-state index is 0.0970. The van der Waals surface area contributed by atoms with Crippen molar-refractivity contribution in [2.24, 2.45) is 5.92 Å². The molecule has 9 heteroatoms. The summed E-state index contributed by atoms with van der Waals surface area (Å²) in [4.78, 5) is 24.4.